The van der Waals surface area contributed by atoms with Crippen molar-refractivity contribution in [2.75, 3.05) is 32.8 Å². The lowest BCUT2D eigenvalue weighted by atomic mass is 10.2. The van der Waals surface area contributed by atoms with Gasteiger partial charge in [0.2, 0.25) is 15.9 Å². The third-order valence-corrected chi connectivity index (χ3v) is 6.00. The van der Waals surface area contributed by atoms with Crippen LogP contribution in [-0.4, -0.2) is 56.3 Å². The zero-order valence-electron chi connectivity index (χ0n) is 14.9. The number of amides is 1. The number of nitrogens with zero attached hydrogens (tertiary/aromatic N) is 2. The summed E-state index contributed by atoms with van der Waals surface area (Å²) in [5.41, 5.74) is 0. The minimum atomic E-state index is -3.81. The van der Waals surface area contributed by atoms with Crippen molar-refractivity contribution in [2.45, 2.75) is 32.1 Å². The predicted molar refractivity (Wildman–Crippen MR) is 92.4 cm³/mol. The van der Waals surface area contributed by atoms with Crippen LogP contribution in [-0.2, 0) is 14.8 Å². The van der Waals surface area contributed by atoms with E-state index in [0.717, 1.165) is 6.07 Å². The maximum Gasteiger partial charge on any atom is 0.243 e. The highest BCUT2D eigenvalue weighted by molar-refractivity contribution is 7.89. The second-order valence-electron chi connectivity index (χ2n) is 6.26. The number of sulfonamides is 1. The molecule has 0 aliphatic carbocycles. The van der Waals surface area contributed by atoms with Crippen LogP contribution in [0.5, 0.6) is 5.75 Å². The molecule has 1 aliphatic rings. The van der Waals surface area contributed by atoms with Crippen LogP contribution in [0.1, 0.15) is 27.2 Å². The van der Waals surface area contributed by atoms with Gasteiger partial charge in [-0.1, -0.05) is 13.8 Å². The molecule has 25 heavy (non-hydrogen) atoms. The van der Waals surface area contributed by atoms with Crippen molar-refractivity contribution in [3.05, 3.63) is 24.0 Å². The first kappa shape index (κ1) is 19.7. The van der Waals surface area contributed by atoms with Gasteiger partial charge < -0.3 is 9.64 Å². The van der Waals surface area contributed by atoms with Gasteiger partial charge in [0, 0.05) is 32.1 Å². The van der Waals surface area contributed by atoms with Gasteiger partial charge in [0.05, 0.1) is 11.5 Å². The molecule has 0 spiro atoms. The average Bonchev–Trinajstić information content (AvgIpc) is 2.82. The fourth-order valence-electron chi connectivity index (χ4n) is 2.78. The molecule has 1 saturated heterocycles. The SMILES string of the molecule is CCOc1ccc(S(=O)(=O)N2CCCN(C(=O)C(C)C)CC2)cc1F. The highest BCUT2D eigenvalue weighted by Gasteiger charge is 2.29. The van der Waals surface area contributed by atoms with Crippen LogP contribution in [0.15, 0.2) is 23.1 Å². The molecular formula is C17H25FN2O4S. The van der Waals surface area contributed by atoms with Gasteiger partial charge in [-0.2, -0.15) is 4.31 Å². The van der Waals surface area contributed by atoms with Crippen LogP contribution >= 0.6 is 0 Å². The fraction of sp³-hybridized carbons (Fsp3) is 0.588. The second kappa shape index (κ2) is 8.14. The number of hydrogen-bond acceptors (Lipinski definition) is 4. The summed E-state index contributed by atoms with van der Waals surface area (Å²) in [6.07, 6.45) is 0.553. The van der Waals surface area contributed by atoms with E-state index >= 15 is 0 Å². The Morgan fingerprint density at radius 2 is 1.96 bits per heavy atom. The quantitative estimate of drug-likeness (QED) is 0.794. The largest absolute Gasteiger partial charge is 0.491 e. The van der Waals surface area contributed by atoms with Crippen LogP contribution in [0.25, 0.3) is 0 Å². The van der Waals surface area contributed by atoms with Crippen molar-refractivity contribution in [3.63, 3.8) is 0 Å². The van der Waals surface area contributed by atoms with Crippen LogP contribution in [0.2, 0.25) is 0 Å². The minimum Gasteiger partial charge on any atom is -0.491 e. The monoisotopic (exact) mass is 372 g/mol. The summed E-state index contributed by atoms with van der Waals surface area (Å²) in [6.45, 7) is 7.06. The van der Waals surface area contributed by atoms with E-state index in [0.29, 0.717) is 32.7 Å². The Labute approximate surface area is 148 Å². The summed E-state index contributed by atoms with van der Waals surface area (Å²) >= 11 is 0. The Kier molecular flexibility index (Phi) is 6.40. The molecule has 1 aliphatic heterocycles. The van der Waals surface area contributed by atoms with Crippen LogP contribution in [0.4, 0.5) is 4.39 Å². The number of benzene rings is 1. The fourth-order valence-corrected chi connectivity index (χ4v) is 4.27. The lowest BCUT2D eigenvalue weighted by Crippen LogP contribution is -2.38. The topological polar surface area (TPSA) is 66.9 Å². The van der Waals surface area contributed by atoms with Gasteiger partial charge >= 0.3 is 0 Å². The molecule has 1 aromatic carbocycles. The molecule has 140 valence electrons. The molecule has 1 fully saturated rings. The van der Waals surface area contributed by atoms with Crippen molar-refractivity contribution >= 4 is 15.9 Å². The molecule has 0 radical (unpaired) electrons. The molecule has 0 N–H and O–H groups in total. The van der Waals surface area contributed by atoms with Crippen molar-refractivity contribution < 1.29 is 22.3 Å². The Balaban J connectivity index is 2.17. The van der Waals surface area contributed by atoms with Crippen molar-refractivity contribution in [3.8, 4) is 5.75 Å². The maximum absolute atomic E-state index is 14.0. The smallest absolute Gasteiger partial charge is 0.243 e. The first-order chi connectivity index (χ1) is 11.8. The number of hydrogen-bond donors (Lipinski definition) is 0. The van der Waals surface area contributed by atoms with Gasteiger partial charge in [0.15, 0.2) is 11.6 Å². The van der Waals surface area contributed by atoms with E-state index in [2.05, 4.69) is 0 Å². The van der Waals surface area contributed by atoms with Crippen molar-refractivity contribution in [1.82, 2.24) is 9.21 Å². The molecule has 0 bridgehead atoms. The highest BCUT2D eigenvalue weighted by atomic mass is 32.2. The molecule has 0 saturated carbocycles. The second-order valence-corrected chi connectivity index (χ2v) is 8.20. The average molecular weight is 372 g/mol. The van der Waals surface area contributed by atoms with Gasteiger partial charge in [-0.05, 0) is 31.5 Å². The third-order valence-electron chi connectivity index (χ3n) is 4.10. The van der Waals surface area contributed by atoms with E-state index in [1.807, 2.05) is 13.8 Å². The number of rotatable bonds is 5. The van der Waals surface area contributed by atoms with Gasteiger partial charge in [-0.3, -0.25) is 4.79 Å². The van der Waals surface area contributed by atoms with Gasteiger partial charge in [0.25, 0.3) is 0 Å². The van der Waals surface area contributed by atoms with Crippen molar-refractivity contribution in [1.29, 1.82) is 0 Å². The molecule has 1 aromatic rings. The molecule has 1 amide bonds. The lowest BCUT2D eigenvalue weighted by molar-refractivity contribution is -0.134. The Morgan fingerprint density at radius 3 is 2.56 bits per heavy atom. The van der Waals surface area contributed by atoms with Crippen molar-refractivity contribution in [2.24, 2.45) is 5.92 Å². The standard InChI is InChI=1S/C17H25FN2O4S/c1-4-24-16-7-6-14(12-15(16)18)25(22,23)20-9-5-8-19(10-11-20)17(21)13(2)3/h6-7,12-13H,4-5,8-11H2,1-3H3. The van der Waals surface area contributed by atoms with Crippen LogP contribution in [0, 0.1) is 11.7 Å². The minimum absolute atomic E-state index is 0.0198. The Hall–Kier alpha value is -1.67. The van der Waals surface area contributed by atoms with E-state index in [4.69, 9.17) is 4.74 Å². The highest BCUT2D eigenvalue weighted by Crippen LogP contribution is 2.24. The Morgan fingerprint density at radius 1 is 1.24 bits per heavy atom. The molecule has 0 aromatic heterocycles. The molecule has 6 nitrogen and oxygen atoms in total. The summed E-state index contributed by atoms with van der Waals surface area (Å²) in [5, 5.41) is 0. The zero-order valence-corrected chi connectivity index (χ0v) is 15.7. The zero-order chi connectivity index (χ0) is 18.6. The molecular weight excluding hydrogens is 347 g/mol. The van der Waals surface area contributed by atoms with E-state index in [1.54, 1.807) is 11.8 Å². The molecule has 8 heteroatoms. The number of ether oxygens (including phenoxy) is 1. The van der Waals surface area contributed by atoms with Crippen LogP contribution < -0.4 is 4.74 Å². The number of carbonyl (C=O) groups is 1. The van der Waals surface area contributed by atoms with E-state index in [1.165, 1.54) is 16.4 Å². The van der Waals surface area contributed by atoms with Gasteiger partial charge in [-0.25, -0.2) is 12.8 Å². The number of carbonyl (C=O) groups excluding carboxylic acids is 1. The molecule has 1 heterocycles. The normalized spacial score (nSPS) is 16.8. The first-order valence-corrected chi connectivity index (χ1v) is 9.92. The van der Waals surface area contributed by atoms with Crippen LogP contribution in [0.3, 0.4) is 0 Å². The van der Waals surface area contributed by atoms with Gasteiger partial charge in [0.1, 0.15) is 0 Å². The summed E-state index contributed by atoms with van der Waals surface area (Å²) in [6, 6.07) is 3.67. The van der Waals surface area contributed by atoms with E-state index < -0.39 is 15.8 Å². The first-order valence-electron chi connectivity index (χ1n) is 8.48. The summed E-state index contributed by atoms with van der Waals surface area (Å²) in [5.74, 6) is -0.768. The summed E-state index contributed by atoms with van der Waals surface area (Å²) in [4.78, 5) is 13.7. The van der Waals surface area contributed by atoms with E-state index in [9.17, 15) is 17.6 Å². The lowest BCUT2D eigenvalue weighted by Gasteiger charge is -2.23. The predicted octanol–water partition coefficient (Wildman–Crippen LogP) is 2.10. The van der Waals surface area contributed by atoms with E-state index in [-0.39, 0.29) is 29.0 Å². The maximum atomic E-state index is 14.0. The summed E-state index contributed by atoms with van der Waals surface area (Å²) < 4.78 is 46.0. The third kappa shape index (κ3) is 4.49. The number of halogens is 1. The Bertz CT molecular complexity index is 721. The molecule has 0 unspecified atom stereocenters. The summed E-state index contributed by atoms with van der Waals surface area (Å²) in [7, 11) is -3.81. The molecule has 0 atom stereocenters. The molecule has 2 rings (SSSR count). The van der Waals surface area contributed by atoms with Gasteiger partial charge in [-0.15, -0.1) is 0 Å².